The molecular formula is C16H24N4O. The summed E-state index contributed by atoms with van der Waals surface area (Å²) >= 11 is 0. The molecule has 0 aliphatic heterocycles. The average Bonchev–Trinajstić information content (AvgIpc) is 2.85. The van der Waals surface area contributed by atoms with Crippen LogP contribution in [0.3, 0.4) is 0 Å². The number of hydrogen-bond donors (Lipinski definition) is 2. The van der Waals surface area contributed by atoms with Gasteiger partial charge in [0, 0.05) is 11.4 Å². The third kappa shape index (κ3) is 3.40. The predicted octanol–water partition coefficient (Wildman–Crippen LogP) is 2.77. The number of carbonyl (C=O) groups is 1. The zero-order valence-electron chi connectivity index (χ0n) is 13.6. The van der Waals surface area contributed by atoms with Crippen molar-refractivity contribution in [2.45, 2.75) is 41.5 Å². The van der Waals surface area contributed by atoms with Gasteiger partial charge < -0.3 is 0 Å². The van der Waals surface area contributed by atoms with Crippen molar-refractivity contribution in [2.24, 2.45) is 17.3 Å². The normalized spacial score (nSPS) is 22.4. The van der Waals surface area contributed by atoms with Crippen LogP contribution in [0.5, 0.6) is 0 Å². The molecule has 0 saturated heterocycles. The highest BCUT2D eigenvalue weighted by atomic mass is 16.2. The fraction of sp³-hybridized carbons (Fsp3) is 0.562. The van der Waals surface area contributed by atoms with Gasteiger partial charge in [0.2, 0.25) is 11.9 Å². The molecule has 5 heteroatoms. The van der Waals surface area contributed by atoms with Gasteiger partial charge in [-0.15, -0.1) is 0 Å². The number of amides is 1. The molecule has 0 radical (unpaired) electrons. The van der Waals surface area contributed by atoms with Gasteiger partial charge in [-0.25, -0.2) is 9.97 Å². The number of nitrogens with zero attached hydrogens (tertiary/aromatic N) is 2. The predicted molar refractivity (Wildman–Crippen MR) is 83.5 cm³/mol. The highest BCUT2D eigenvalue weighted by Crippen LogP contribution is 2.59. The molecule has 1 aliphatic rings. The molecule has 2 rings (SSSR count). The average molecular weight is 288 g/mol. The van der Waals surface area contributed by atoms with Gasteiger partial charge in [0.15, 0.2) is 0 Å². The van der Waals surface area contributed by atoms with Crippen molar-refractivity contribution in [1.29, 1.82) is 0 Å². The molecule has 2 N–H and O–H groups in total. The van der Waals surface area contributed by atoms with E-state index >= 15 is 0 Å². The summed E-state index contributed by atoms with van der Waals surface area (Å²) in [7, 11) is 0. The Balaban J connectivity index is 1.98. The van der Waals surface area contributed by atoms with E-state index in [0.29, 0.717) is 11.9 Å². The van der Waals surface area contributed by atoms with E-state index in [0.717, 1.165) is 11.4 Å². The minimum Gasteiger partial charge on any atom is -0.273 e. The quantitative estimate of drug-likeness (QED) is 0.660. The van der Waals surface area contributed by atoms with Crippen LogP contribution in [-0.4, -0.2) is 15.9 Å². The Hall–Kier alpha value is -1.91. The highest BCUT2D eigenvalue weighted by molar-refractivity contribution is 5.84. The number of aromatic nitrogens is 2. The molecule has 0 aromatic carbocycles. The largest absolute Gasteiger partial charge is 0.273 e. The summed E-state index contributed by atoms with van der Waals surface area (Å²) < 4.78 is 0. The number of rotatable bonds is 4. The number of aryl methyl sites for hydroxylation is 2. The number of anilines is 1. The molecule has 1 aromatic heterocycles. The second kappa shape index (κ2) is 5.47. The van der Waals surface area contributed by atoms with Gasteiger partial charge in [-0.1, -0.05) is 25.5 Å². The molecule has 5 nitrogen and oxygen atoms in total. The van der Waals surface area contributed by atoms with Gasteiger partial charge in [-0.05, 0) is 45.1 Å². The van der Waals surface area contributed by atoms with Crippen LogP contribution in [-0.2, 0) is 4.79 Å². The topological polar surface area (TPSA) is 66.9 Å². The van der Waals surface area contributed by atoms with E-state index in [2.05, 4.69) is 54.6 Å². The second-order valence-electron chi connectivity index (χ2n) is 6.66. The van der Waals surface area contributed by atoms with Gasteiger partial charge in [-0.2, -0.15) is 0 Å². The Morgan fingerprint density at radius 3 is 2.33 bits per heavy atom. The standard InChI is InChI=1S/C16H24N4O/c1-9(2)7-12-13(16(12,5)6)14(21)19-20-15-17-10(3)8-11(4)18-15/h7-8,12-13H,1-6H3,(H,19,21)(H,17,18,20)/t12-,13-/m0/s1. The molecule has 114 valence electrons. The lowest BCUT2D eigenvalue weighted by molar-refractivity contribution is -0.122. The molecule has 0 spiro atoms. The van der Waals surface area contributed by atoms with Gasteiger partial charge in [-0.3, -0.25) is 15.6 Å². The van der Waals surface area contributed by atoms with Crippen molar-refractivity contribution in [3.63, 3.8) is 0 Å². The minimum absolute atomic E-state index is 0.00636. The number of carbonyl (C=O) groups excluding carboxylic acids is 1. The molecule has 0 unspecified atom stereocenters. The van der Waals surface area contributed by atoms with E-state index in [1.165, 1.54) is 5.57 Å². The smallest absolute Gasteiger partial charge is 0.242 e. The third-order valence-corrected chi connectivity index (χ3v) is 3.99. The zero-order chi connectivity index (χ0) is 15.8. The van der Waals surface area contributed by atoms with Gasteiger partial charge in [0.1, 0.15) is 0 Å². The first-order chi connectivity index (χ1) is 9.71. The fourth-order valence-corrected chi connectivity index (χ4v) is 2.83. The summed E-state index contributed by atoms with van der Waals surface area (Å²) in [5, 5.41) is 0. The van der Waals surface area contributed by atoms with Gasteiger partial charge in [0.05, 0.1) is 5.92 Å². The van der Waals surface area contributed by atoms with Gasteiger partial charge in [0.25, 0.3) is 0 Å². The van der Waals surface area contributed by atoms with E-state index in [1.54, 1.807) is 0 Å². The first-order valence-electron chi connectivity index (χ1n) is 7.25. The highest BCUT2D eigenvalue weighted by Gasteiger charge is 2.60. The Kier molecular flexibility index (Phi) is 4.03. The van der Waals surface area contributed by atoms with E-state index in [9.17, 15) is 4.79 Å². The Labute approximate surface area is 126 Å². The first kappa shape index (κ1) is 15.5. The van der Waals surface area contributed by atoms with Crippen LogP contribution in [0, 0.1) is 31.1 Å². The molecule has 2 atom stereocenters. The zero-order valence-corrected chi connectivity index (χ0v) is 13.6. The van der Waals surface area contributed by atoms with Crippen molar-refractivity contribution in [1.82, 2.24) is 15.4 Å². The monoisotopic (exact) mass is 288 g/mol. The molecule has 1 heterocycles. The number of hydrogen-bond acceptors (Lipinski definition) is 4. The molecular weight excluding hydrogens is 264 g/mol. The van der Waals surface area contributed by atoms with Crippen molar-refractivity contribution < 1.29 is 4.79 Å². The SMILES string of the molecule is CC(C)=C[C@H]1[C@@H](C(=O)NNc2nc(C)cc(C)n2)C1(C)C. The Morgan fingerprint density at radius 2 is 1.81 bits per heavy atom. The lowest BCUT2D eigenvalue weighted by Gasteiger charge is -2.08. The number of allylic oxidation sites excluding steroid dienone is 2. The van der Waals surface area contributed by atoms with Crippen LogP contribution in [0.15, 0.2) is 17.7 Å². The number of hydrazine groups is 1. The molecule has 0 bridgehead atoms. The van der Waals surface area contributed by atoms with Crippen LogP contribution < -0.4 is 10.9 Å². The van der Waals surface area contributed by atoms with E-state index in [-0.39, 0.29) is 17.2 Å². The van der Waals surface area contributed by atoms with Crippen molar-refractivity contribution in [3.05, 3.63) is 29.1 Å². The van der Waals surface area contributed by atoms with Crippen LogP contribution in [0.4, 0.5) is 5.95 Å². The van der Waals surface area contributed by atoms with E-state index in [1.807, 2.05) is 19.9 Å². The number of nitrogens with one attached hydrogen (secondary N) is 2. The molecule has 1 saturated carbocycles. The lowest BCUT2D eigenvalue weighted by Crippen LogP contribution is -2.33. The van der Waals surface area contributed by atoms with Crippen molar-refractivity contribution in [2.75, 3.05) is 5.43 Å². The van der Waals surface area contributed by atoms with Crippen molar-refractivity contribution >= 4 is 11.9 Å². The van der Waals surface area contributed by atoms with E-state index in [4.69, 9.17) is 0 Å². The molecule has 1 fully saturated rings. The maximum atomic E-state index is 12.3. The second-order valence-corrected chi connectivity index (χ2v) is 6.66. The third-order valence-electron chi connectivity index (χ3n) is 3.99. The summed E-state index contributed by atoms with van der Waals surface area (Å²) in [5.74, 6) is 0.707. The Bertz CT molecular complexity index is 568. The molecule has 1 aliphatic carbocycles. The summed E-state index contributed by atoms with van der Waals surface area (Å²) in [6, 6.07) is 1.89. The van der Waals surface area contributed by atoms with Crippen LogP contribution in [0.2, 0.25) is 0 Å². The molecule has 1 aromatic rings. The van der Waals surface area contributed by atoms with Crippen LogP contribution >= 0.6 is 0 Å². The Morgan fingerprint density at radius 1 is 1.24 bits per heavy atom. The molecule has 1 amide bonds. The maximum Gasteiger partial charge on any atom is 0.242 e. The van der Waals surface area contributed by atoms with Crippen LogP contribution in [0.25, 0.3) is 0 Å². The minimum atomic E-state index is -0.00902. The van der Waals surface area contributed by atoms with Crippen LogP contribution in [0.1, 0.15) is 39.1 Å². The summed E-state index contributed by atoms with van der Waals surface area (Å²) in [4.78, 5) is 20.8. The summed E-state index contributed by atoms with van der Waals surface area (Å²) in [6.45, 7) is 12.2. The van der Waals surface area contributed by atoms with Gasteiger partial charge >= 0.3 is 0 Å². The summed E-state index contributed by atoms with van der Waals surface area (Å²) in [6.07, 6.45) is 2.18. The molecule has 21 heavy (non-hydrogen) atoms. The van der Waals surface area contributed by atoms with Crippen molar-refractivity contribution in [3.8, 4) is 0 Å². The summed E-state index contributed by atoms with van der Waals surface area (Å²) in [5.41, 5.74) is 8.54. The first-order valence-corrected chi connectivity index (χ1v) is 7.25. The maximum absolute atomic E-state index is 12.3. The lowest BCUT2D eigenvalue weighted by atomic mass is 10.1. The van der Waals surface area contributed by atoms with E-state index < -0.39 is 0 Å². The fourth-order valence-electron chi connectivity index (χ4n) is 2.83.